The summed E-state index contributed by atoms with van der Waals surface area (Å²) in [7, 11) is -3.64. The molecule has 0 aliphatic heterocycles. The summed E-state index contributed by atoms with van der Waals surface area (Å²) in [5.74, 6) is -77.6. The molecule has 0 spiro atoms. The fraction of sp³-hybridized carbons (Fsp3) is 1.00. The predicted octanol–water partition coefficient (Wildman–Crippen LogP) is 7.73. The number of hydrogen-bond donors (Lipinski definition) is 0. The van der Waals surface area contributed by atoms with Crippen LogP contribution in [-0.2, 0) is 13.3 Å². The van der Waals surface area contributed by atoms with Crippen LogP contribution in [0.15, 0.2) is 0 Å². The maximum absolute atomic E-state index is 14.1. The van der Waals surface area contributed by atoms with Crippen molar-refractivity contribution >= 4 is 9.53 Å². The summed E-state index contributed by atoms with van der Waals surface area (Å²) >= 11 is 0. The molecule has 0 bridgehead atoms. The van der Waals surface area contributed by atoms with Gasteiger partial charge in [-0.1, -0.05) is 0 Å². The first-order valence-corrected chi connectivity index (χ1v) is 11.1. The highest BCUT2D eigenvalue weighted by molar-refractivity contribution is 6.36. The average Bonchev–Trinajstić information content (AvgIpc) is 2.77. The molecule has 1 atom stereocenters. The van der Waals surface area contributed by atoms with Gasteiger partial charge in [0.15, 0.2) is 0 Å². The maximum Gasteiger partial charge on any atom is 0.578 e. The van der Waals surface area contributed by atoms with Crippen LogP contribution in [-0.4, -0.2) is 88.3 Å². The first-order valence-electron chi connectivity index (χ1n) is 9.92. The highest BCUT2D eigenvalue weighted by atomic mass is 28.3. The second-order valence-corrected chi connectivity index (χ2v) is 8.91. The molecular formula is C16H14F21O3Si. The molecule has 0 heterocycles. The van der Waals surface area contributed by atoms with Crippen molar-refractivity contribution in [3.05, 3.63) is 0 Å². The van der Waals surface area contributed by atoms with Gasteiger partial charge in [-0.3, -0.25) is 0 Å². The van der Waals surface area contributed by atoms with Gasteiger partial charge >= 0.3 is 69.0 Å². The molecule has 0 aliphatic rings. The topological polar surface area (TPSA) is 27.7 Å². The molecule has 0 aromatic rings. The Labute approximate surface area is 215 Å². The molecule has 0 saturated heterocycles. The van der Waals surface area contributed by atoms with E-state index in [4.69, 9.17) is 0 Å². The van der Waals surface area contributed by atoms with E-state index in [9.17, 15) is 92.2 Å². The van der Waals surface area contributed by atoms with Crippen LogP contribution < -0.4 is 0 Å². The van der Waals surface area contributed by atoms with Crippen LogP contribution in [0.25, 0.3) is 0 Å². The molecule has 0 amide bonds. The summed E-state index contributed by atoms with van der Waals surface area (Å²) in [6, 6.07) is 0. The molecule has 0 aliphatic carbocycles. The molecule has 0 aromatic heterocycles. The summed E-state index contributed by atoms with van der Waals surface area (Å²) in [4.78, 5) is 0. The van der Waals surface area contributed by atoms with Crippen molar-refractivity contribution in [1.82, 2.24) is 0 Å². The molecular weight excluding hydrogens is 667 g/mol. The van der Waals surface area contributed by atoms with Crippen molar-refractivity contribution in [2.75, 3.05) is 13.2 Å². The molecule has 3 nitrogen and oxygen atoms in total. The molecule has 247 valence electrons. The summed E-state index contributed by atoms with van der Waals surface area (Å²) in [5, 5.41) is 0. The monoisotopic (exact) mass is 681 g/mol. The Morgan fingerprint density at radius 3 is 0.927 bits per heavy atom. The van der Waals surface area contributed by atoms with E-state index < -0.39 is 88.3 Å². The van der Waals surface area contributed by atoms with Crippen LogP contribution in [0.2, 0.25) is 0 Å². The van der Waals surface area contributed by atoms with Gasteiger partial charge in [0.25, 0.3) is 0 Å². The Bertz CT molecular complexity index is 880. The van der Waals surface area contributed by atoms with Gasteiger partial charge in [-0.15, -0.1) is 0 Å². The Kier molecular flexibility index (Phi) is 10.9. The SMILES string of the molecule is CCO[Si](OCC)OC(C)C(F)(F)C(F)(F)C(F)(F)C(F)(F)C(F)(F)C(F)(F)C(F)(F)C(F)(F)C(F)(F)C(F)(F)F. The van der Waals surface area contributed by atoms with Crippen LogP contribution in [0.4, 0.5) is 92.2 Å². The molecule has 0 rings (SSSR count). The summed E-state index contributed by atoms with van der Waals surface area (Å²) < 4.78 is 295. The van der Waals surface area contributed by atoms with E-state index in [0.717, 1.165) is 13.8 Å². The fourth-order valence-electron chi connectivity index (χ4n) is 2.39. The largest absolute Gasteiger partial charge is 0.578 e. The van der Waals surface area contributed by atoms with Crippen molar-refractivity contribution in [2.24, 2.45) is 0 Å². The fourth-order valence-corrected chi connectivity index (χ4v) is 3.52. The minimum absolute atomic E-state index is 0.342. The Morgan fingerprint density at radius 1 is 0.439 bits per heavy atom. The van der Waals surface area contributed by atoms with Crippen molar-refractivity contribution in [3.63, 3.8) is 0 Å². The van der Waals surface area contributed by atoms with Gasteiger partial charge in [-0.05, 0) is 20.8 Å². The summed E-state index contributed by atoms with van der Waals surface area (Å²) in [5.41, 5.74) is 0. The van der Waals surface area contributed by atoms with Crippen LogP contribution in [0, 0.1) is 0 Å². The van der Waals surface area contributed by atoms with Crippen molar-refractivity contribution in [1.29, 1.82) is 0 Å². The quantitative estimate of drug-likeness (QED) is 0.131. The first-order chi connectivity index (χ1) is 17.7. The smallest absolute Gasteiger partial charge is 0.371 e. The first kappa shape index (κ1) is 39.6. The molecule has 1 radical (unpaired) electrons. The zero-order chi connectivity index (χ0) is 33.7. The van der Waals surface area contributed by atoms with Crippen LogP contribution in [0.3, 0.4) is 0 Å². The molecule has 0 N–H and O–H groups in total. The second kappa shape index (κ2) is 11.3. The molecule has 0 fully saturated rings. The Morgan fingerprint density at radius 2 is 0.683 bits per heavy atom. The minimum Gasteiger partial charge on any atom is -0.371 e. The lowest BCUT2D eigenvalue weighted by Crippen LogP contribution is -2.77. The molecule has 25 heteroatoms. The van der Waals surface area contributed by atoms with Gasteiger partial charge in [-0.25, -0.2) is 0 Å². The standard InChI is InChI=1S/C16H14F21O3Si/c1-4-38-41(39-5-2)40-6(3)7(17,18)8(19,20)9(21,22)10(23,24)11(25,26)12(27,28)13(29,30)14(31,32)15(33,34)16(35,36)37/h6H,4-5H2,1-3H3. The lowest BCUT2D eigenvalue weighted by molar-refractivity contribution is -0.475. The summed E-state index contributed by atoms with van der Waals surface area (Å²) in [6.45, 7) is 0.734. The zero-order valence-corrected chi connectivity index (χ0v) is 20.7. The molecule has 41 heavy (non-hydrogen) atoms. The summed E-state index contributed by atoms with van der Waals surface area (Å²) in [6.07, 6.45) is -11.9. The third-order valence-corrected chi connectivity index (χ3v) is 6.44. The second-order valence-electron chi connectivity index (χ2n) is 7.59. The number of rotatable bonds is 15. The van der Waals surface area contributed by atoms with Gasteiger partial charge in [0, 0.05) is 13.2 Å². The van der Waals surface area contributed by atoms with Crippen molar-refractivity contribution in [2.45, 2.75) is 86.4 Å². The van der Waals surface area contributed by atoms with Gasteiger partial charge in [0.1, 0.15) is 6.10 Å². The number of hydrogen-bond acceptors (Lipinski definition) is 3. The van der Waals surface area contributed by atoms with Crippen molar-refractivity contribution < 1.29 is 105 Å². The van der Waals surface area contributed by atoms with E-state index in [1.165, 1.54) is 0 Å². The average molecular weight is 681 g/mol. The van der Waals surface area contributed by atoms with Crippen LogP contribution in [0.1, 0.15) is 20.8 Å². The highest BCUT2D eigenvalue weighted by Gasteiger charge is 2.98. The molecule has 1 unspecified atom stereocenters. The third kappa shape index (κ3) is 5.67. The molecule has 0 aromatic carbocycles. The highest BCUT2D eigenvalue weighted by Crippen LogP contribution is 2.66. The van der Waals surface area contributed by atoms with Crippen LogP contribution in [0.5, 0.6) is 0 Å². The number of alkyl halides is 21. The van der Waals surface area contributed by atoms with E-state index in [0.29, 0.717) is 0 Å². The lowest BCUT2D eigenvalue weighted by Gasteiger charge is -2.45. The third-order valence-electron chi connectivity index (χ3n) is 4.84. The van der Waals surface area contributed by atoms with Gasteiger partial charge in [0.2, 0.25) is 0 Å². The van der Waals surface area contributed by atoms with Crippen LogP contribution >= 0.6 is 0 Å². The minimum atomic E-state index is -9.21. The van der Waals surface area contributed by atoms with E-state index in [2.05, 4.69) is 13.3 Å². The van der Waals surface area contributed by atoms with Gasteiger partial charge < -0.3 is 13.3 Å². The van der Waals surface area contributed by atoms with Crippen molar-refractivity contribution in [3.8, 4) is 0 Å². The normalized spacial score (nSPS) is 16.9. The maximum atomic E-state index is 14.1. The van der Waals surface area contributed by atoms with E-state index in [-0.39, 0.29) is 6.92 Å². The Balaban J connectivity index is 6.95. The van der Waals surface area contributed by atoms with E-state index >= 15 is 0 Å². The number of halogens is 21. The van der Waals surface area contributed by atoms with Gasteiger partial charge in [-0.2, -0.15) is 92.2 Å². The zero-order valence-electron chi connectivity index (χ0n) is 19.7. The van der Waals surface area contributed by atoms with E-state index in [1.807, 2.05) is 0 Å². The lowest BCUT2D eigenvalue weighted by atomic mass is 9.85. The Hall–Kier alpha value is -1.37. The van der Waals surface area contributed by atoms with E-state index in [1.54, 1.807) is 0 Å². The molecule has 0 saturated carbocycles. The van der Waals surface area contributed by atoms with Gasteiger partial charge in [0.05, 0.1) is 0 Å². The predicted molar refractivity (Wildman–Crippen MR) is 90.1 cm³/mol.